The van der Waals surface area contributed by atoms with Crippen LogP contribution in [0.5, 0.6) is 11.5 Å². The lowest BCUT2D eigenvalue weighted by Crippen LogP contribution is -2.36. The number of nitrogens with one attached hydrogen (secondary N) is 2. The van der Waals surface area contributed by atoms with Gasteiger partial charge >= 0.3 is 0 Å². The summed E-state index contributed by atoms with van der Waals surface area (Å²) in [4.78, 5) is 51.4. The molecule has 3 aromatic carbocycles. The first-order chi connectivity index (χ1) is 19.5. The molecule has 1 heterocycles. The molecule has 2 N–H and O–H groups in total. The maximum absolute atomic E-state index is 12.9. The van der Waals surface area contributed by atoms with Crippen LogP contribution < -0.4 is 20.1 Å². The van der Waals surface area contributed by atoms with E-state index in [4.69, 9.17) is 9.47 Å². The summed E-state index contributed by atoms with van der Waals surface area (Å²) >= 11 is 6.38. The smallest absolute Gasteiger partial charge is 0.294 e. The van der Waals surface area contributed by atoms with Crippen molar-refractivity contribution in [3.05, 3.63) is 84.2 Å². The maximum atomic E-state index is 12.9. The van der Waals surface area contributed by atoms with E-state index >= 15 is 0 Å². The fourth-order valence-corrected chi connectivity index (χ4v) is 5.44. The molecule has 12 heteroatoms. The summed E-state index contributed by atoms with van der Waals surface area (Å²) in [6, 6.07) is 15.8. The number of carbonyl (C=O) groups is 4. The first-order valence-corrected chi connectivity index (χ1v) is 14.9. The number of imide groups is 1. The Balaban J connectivity index is 1.38. The summed E-state index contributed by atoms with van der Waals surface area (Å²) in [5.41, 5.74) is 3.83. The molecule has 0 unspecified atom stereocenters. The number of rotatable bonds is 9. The Morgan fingerprint density at radius 3 is 2.41 bits per heavy atom. The van der Waals surface area contributed by atoms with Gasteiger partial charge in [-0.15, -0.1) is 0 Å². The number of halogens is 2. The zero-order valence-corrected chi connectivity index (χ0v) is 26.8. The highest BCUT2D eigenvalue weighted by atomic mass is 127. The van der Waals surface area contributed by atoms with Crippen LogP contribution in [-0.4, -0.2) is 48.1 Å². The highest BCUT2D eigenvalue weighted by molar-refractivity contribution is 14.1. The van der Waals surface area contributed by atoms with Crippen LogP contribution in [0.25, 0.3) is 6.08 Å². The Labute approximate surface area is 263 Å². The highest BCUT2D eigenvalue weighted by Crippen LogP contribution is 2.34. The SMILES string of the molecule is COc1cc(/C=C2/SC(=O)N(CC(=O)Nc3ccc(I)cc3)C2=O)ccc1OCC(=O)Nc1ccc(Br)c(C)c1C. The third kappa shape index (κ3) is 7.68. The molecular formula is C29H25BrIN3O6S. The van der Waals surface area contributed by atoms with Crippen molar-refractivity contribution in [3.63, 3.8) is 0 Å². The van der Waals surface area contributed by atoms with Crippen molar-refractivity contribution in [3.8, 4) is 11.5 Å². The van der Waals surface area contributed by atoms with Crippen molar-refractivity contribution < 1.29 is 28.7 Å². The quantitative estimate of drug-likeness (QED) is 0.193. The number of ether oxygens (including phenoxy) is 2. The summed E-state index contributed by atoms with van der Waals surface area (Å²) in [5.74, 6) is -0.692. The monoisotopic (exact) mass is 749 g/mol. The van der Waals surface area contributed by atoms with Crippen molar-refractivity contribution in [1.82, 2.24) is 4.90 Å². The van der Waals surface area contributed by atoms with Crippen LogP contribution in [0, 0.1) is 17.4 Å². The number of hydrogen-bond donors (Lipinski definition) is 2. The van der Waals surface area contributed by atoms with Crippen LogP contribution in [0.3, 0.4) is 0 Å². The Bertz CT molecular complexity index is 1560. The standard InChI is InChI=1S/C29H25BrIN3O6S/c1-16-17(2)22(10-9-21(16)30)33-27(36)15-40-23-11-4-18(12-24(23)39-3)13-25-28(37)34(29(38)41-25)14-26(35)32-20-7-5-19(31)6-8-20/h4-13H,14-15H2,1-3H3,(H,32,35)(H,33,36)/b25-13+. The summed E-state index contributed by atoms with van der Waals surface area (Å²) in [6.07, 6.45) is 1.54. The number of methoxy groups -OCH3 is 1. The van der Waals surface area contributed by atoms with E-state index in [9.17, 15) is 19.2 Å². The zero-order chi connectivity index (χ0) is 29.7. The number of benzene rings is 3. The van der Waals surface area contributed by atoms with Gasteiger partial charge in [-0.1, -0.05) is 22.0 Å². The molecule has 0 aliphatic carbocycles. The van der Waals surface area contributed by atoms with E-state index in [2.05, 4.69) is 49.2 Å². The molecule has 0 bridgehead atoms. The van der Waals surface area contributed by atoms with E-state index in [1.807, 2.05) is 38.1 Å². The number of carbonyl (C=O) groups excluding carboxylic acids is 4. The summed E-state index contributed by atoms with van der Waals surface area (Å²) < 4.78 is 13.1. The molecule has 3 aromatic rings. The van der Waals surface area contributed by atoms with Crippen LogP contribution in [0.15, 0.2) is 64.0 Å². The molecule has 4 rings (SSSR count). The van der Waals surface area contributed by atoms with Crippen LogP contribution in [-0.2, 0) is 14.4 Å². The zero-order valence-electron chi connectivity index (χ0n) is 22.2. The molecule has 0 aromatic heterocycles. The number of amides is 4. The molecule has 1 fully saturated rings. The van der Waals surface area contributed by atoms with Crippen molar-refractivity contribution in [2.75, 3.05) is 30.9 Å². The molecule has 0 spiro atoms. The van der Waals surface area contributed by atoms with Crippen LogP contribution in [0.2, 0.25) is 0 Å². The second-order valence-corrected chi connectivity index (χ2v) is 12.0. The molecule has 1 aliphatic rings. The van der Waals surface area contributed by atoms with Gasteiger partial charge in [0.2, 0.25) is 5.91 Å². The van der Waals surface area contributed by atoms with Crippen LogP contribution in [0.4, 0.5) is 16.2 Å². The van der Waals surface area contributed by atoms with Gasteiger partial charge in [0.25, 0.3) is 17.1 Å². The Kier molecular flexibility index (Phi) is 10.1. The minimum atomic E-state index is -0.563. The molecule has 0 saturated carbocycles. The van der Waals surface area contributed by atoms with Gasteiger partial charge in [0.1, 0.15) is 6.54 Å². The van der Waals surface area contributed by atoms with Gasteiger partial charge in [0.15, 0.2) is 18.1 Å². The molecule has 1 saturated heterocycles. The van der Waals surface area contributed by atoms with Gasteiger partial charge in [0, 0.05) is 19.4 Å². The largest absolute Gasteiger partial charge is 0.493 e. The first-order valence-electron chi connectivity index (χ1n) is 12.2. The Hall–Kier alpha value is -3.36. The normalized spacial score (nSPS) is 13.9. The fraction of sp³-hybridized carbons (Fsp3) is 0.172. The summed E-state index contributed by atoms with van der Waals surface area (Å²) in [5, 5.41) is 5.00. The molecule has 0 atom stereocenters. The third-order valence-corrected chi connectivity index (χ3v) is 8.63. The van der Waals surface area contributed by atoms with Crippen molar-refractivity contribution in [2.45, 2.75) is 13.8 Å². The maximum Gasteiger partial charge on any atom is 0.294 e. The van der Waals surface area contributed by atoms with E-state index in [1.54, 1.807) is 36.4 Å². The van der Waals surface area contributed by atoms with E-state index in [0.29, 0.717) is 28.4 Å². The second-order valence-electron chi connectivity index (χ2n) is 8.92. The number of anilines is 2. The van der Waals surface area contributed by atoms with Gasteiger partial charge in [-0.3, -0.25) is 24.1 Å². The molecular weight excluding hydrogens is 725 g/mol. The molecule has 9 nitrogen and oxygen atoms in total. The molecule has 212 valence electrons. The minimum Gasteiger partial charge on any atom is -0.493 e. The molecule has 1 aliphatic heterocycles. The van der Waals surface area contributed by atoms with E-state index in [1.165, 1.54) is 7.11 Å². The van der Waals surface area contributed by atoms with Gasteiger partial charge in [-0.05, 0) is 119 Å². The lowest BCUT2D eigenvalue weighted by Gasteiger charge is -2.14. The molecule has 41 heavy (non-hydrogen) atoms. The number of nitrogens with zero attached hydrogens (tertiary/aromatic N) is 1. The summed E-state index contributed by atoms with van der Waals surface area (Å²) in [6.45, 7) is 3.24. The Morgan fingerprint density at radius 2 is 1.71 bits per heavy atom. The minimum absolute atomic E-state index is 0.173. The van der Waals surface area contributed by atoms with Gasteiger partial charge in [-0.25, -0.2) is 0 Å². The summed E-state index contributed by atoms with van der Waals surface area (Å²) in [7, 11) is 1.46. The average Bonchev–Trinajstić information content (AvgIpc) is 3.20. The predicted octanol–water partition coefficient (Wildman–Crippen LogP) is 6.37. The number of thioether (sulfide) groups is 1. The van der Waals surface area contributed by atoms with Crippen molar-refractivity contribution >= 4 is 90.7 Å². The van der Waals surface area contributed by atoms with Gasteiger partial charge < -0.3 is 20.1 Å². The van der Waals surface area contributed by atoms with Crippen molar-refractivity contribution in [1.29, 1.82) is 0 Å². The lowest BCUT2D eigenvalue weighted by atomic mass is 10.1. The first kappa shape index (κ1) is 30.6. The average molecular weight is 750 g/mol. The van der Waals surface area contributed by atoms with Gasteiger partial charge in [-0.2, -0.15) is 0 Å². The van der Waals surface area contributed by atoms with E-state index in [-0.39, 0.29) is 17.4 Å². The van der Waals surface area contributed by atoms with Crippen molar-refractivity contribution in [2.24, 2.45) is 0 Å². The van der Waals surface area contributed by atoms with E-state index < -0.39 is 23.6 Å². The predicted molar refractivity (Wildman–Crippen MR) is 171 cm³/mol. The van der Waals surface area contributed by atoms with Gasteiger partial charge in [0.05, 0.1) is 12.0 Å². The topological polar surface area (TPSA) is 114 Å². The third-order valence-electron chi connectivity index (χ3n) is 6.14. The molecule has 4 amide bonds. The lowest BCUT2D eigenvalue weighted by molar-refractivity contribution is -0.127. The van der Waals surface area contributed by atoms with Crippen LogP contribution in [0.1, 0.15) is 16.7 Å². The Morgan fingerprint density at radius 1 is 0.976 bits per heavy atom. The molecule has 0 radical (unpaired) electrons. The number of hydrogen-bond acceptors (Lipinski definition) is 7. The van der Waals surface area contributed by atoms with Crippen LogP contribution >= 0.6 is 50.3 Å². The van der Waals surface area contributed by atoms with E-state index in [0.717, 1.165) is 35.8 Å². The highest BCUT2D eigenvalue weighted by Gasteiger charge is 2.36. The fourth-order valence-electron chi connectivity index (χ4n) is 3.81. The second kappa shape index (κ2) is 13.5.